The number of hydrogen-bond acceptors (Lipinski definition) is 5. The summed E-state index contributed by atoms with van der Waals surface area (Å²) in [6, 6.07) is 2.18. The van der Waals surface area contributed by atoms with Crippen molar-refractivity contribution in [3.8, 4) is 0 Å². The highest BCUT2D eigenvalue weighted by molar-refractivity contribution is 7.18. The van der Waals surface area contributed by atoms with Gasteiger partial charge in [-0.25, -0.2) is 4.98 Å². The van der Waals surface area contributed by atoms with E-state index in [0.717, 1.165) is 35.1 Å². The Balaban J connectivity index is 2.49. The standard InChI is InChI=1S/C14H22N4S/c1-6-15-14-16-12(18(5)8-9(2)3)11-7-10(4)19-13(11)17-14/h7,9H,6,8H2,1-5H3,(H,15,16,17). The van der Waals surface area contributed by atoms with Crippen LogP contribution >= 0.6 is 11.3 Å². The van der Waals surface area contributed by atoms with Crippen molar-refractivity contribution in [1.82, 2.24) is 9.97 Å². The maximum atomic E-state index is 4.67. The first-order valence-corrected chi connectivity index (χ1v) is 7.56. The predicted molar refractivity (Wildman–Crippen MR) is 84.4 cm³/mol. The van der Waals surface area contributed by atoms with Crippen molar-refractivity contribution in [3.05, 3.63) is 10.9 Å². The molecule has 0 bridgehead atoms. The summed E-state index contributed by atoms with van der Waals surface area (Å²) in [5, 5.41) is 4.37. The van der Waals surface area contributed by atoms with Crippen LogP contribution in [0.3, 0.4) is 0 Å². The Morgan fingerprint density at radius 1 is 1.37 bits per heavy atom. The van der Waals surface area contributed by atoms with Crippen LogP contribution in [-0.4, -0.2) is 30.1 Å². The Hall–Kier alpha value is -1.36. The average Bonchev–Trinajstić information content (AvgIpc) is 2.67. The maximum absolute atomic E-state index is 4.67. The fraction of sp³-hybridized carbons (Fsp3) is 0.571. The van der Waals surface area contributed by atoms with Crippen LogP contribution in [0.5, 0.6) is 0 Å². The molecule has 2 aromatic rings. The Labute approximate surface area is 118 Å². The van der Waals surface area contributed by atoms with E-state index < -0.39 is 0 Å². The van der Waals surface area contributed by atoms with Crippen LogP contribution in [0.25, 0.3) is 10.2 Å². The van der Waals surface area contributed by atoms with Crippen LogP contribution in [-0.2, 0) is 0 Å². The second-order valence-electron chi connectivity index (χ2n) is 5.25. The largest absolute Gasteiger partial charge is 0.359 e. The van der Waals surface area contributed by atoms with Gasteiger partial charge in [-0.2, -0.15) is 4.98 Å². The Morgan fingerprint density at radius 2 is 2.11 bits per heavy atom. The van der Waals surface area contributed by atoms with Crippen LogP contribution in [0.2, 0.25) is 0 Å². The number of aryl methyl sites for hydroxylation is 1. The van der Waals surface area contributed by atoms with E-state index in [1.165, 1.54) is 4.88 Å². The van der Waals surface area contributed by atoms with E-state index in [0.29, 0.717) is 5.92 Å². The topological polar surface area (TPSA) is 41.1 Å². The van der Waals surface area contributed by atoms with Gasteiger partial charge in [-0.15, -0.1) is 11.3 Å². The fourth-order valence-electron chi connectivity index (χ4n) is 2.19. The predicted octanol–water partition coefficient (Wildman–Crippen LogP) is 3.52. The molecular weight excluding hydrogens is 256 g/mol. The van der Waals surface area contributed by atoms with Crippen LogP contribution in [0.1, 0.15) is 25.6 Å². The van der Waals surface area contributed by atoms with Gasteiger partial charge in [0.2, 0.25) is 5.95 Å². The Morgan fingerprint density at radius 3 is 2.74 bits per heavy atom. The summed E-state index contributed by atoms with van der Waals surface area (Å²) in [7, 11) is 2.10. The number of aromatic nitrogens is 2. The average molecular weight is 278 g/mol. The molecule has 1 N–H and O–H groups in total. The second kappa shape index (κ2) is 5.74. The third-order valence-corrected chi connectivity index (χ3v) is 3.78. The summed E-state index contributed by atoms with van der Waals surface area (Å²) in [4.78, 5) is 13.8. The summed E-state index contributed by atoms with van der Waals surface area (Å²) >= 11 is 1.72. The number of fused-ring (bicyclic) bond motifs is 1. The van der Waals surface area contributed by atoms with Gasteiger partial charge in [0.05, 0.1) is 5.39 Å². The minimum Gasteiger partial charge on any atom is -0.359 e. The Kier molecular flexibility index (Phi) is 4.24. The van der Waals surface area contributed by atoms with Crippen LogP contribution in [0.15, 0.2) is 6.07 Å². The third kappa shape index (κ3) is 3.15. The molecule has 4 nitrogen and oxygen atoms in total. The molecule has 0 radical (unpaired) electrons. The molecule has 0 unspecified atom stereocenters. The molecule has 2 rings (SSSR count). The SMILES string of the molecule is CCNc1nc(N(C)CC(C)C)c2cc(C)sc2n1. The molecule has 0 aliphatic carbocycles. The van der Waals surface area contributed by atoms with Gasteiger partial charge in [-0.1, -0.05) is 13.8 Å². The normalized spacial score (nSPS) is 11.3. The molecule has 19 heavy (non-hydrogen) atoms. The number of nitrogens with zero attached hydrogens (tertiary/aromatic N) is 3. The lowest BCUT2D eigenvalue weighted by molar-refractivity contribution is 0.636. The van der Waals surface area contributed by atoms with Gasteiger partial charge in [0.25, 0.3) is 0 Å². The lowest BCUT2D eigenvalue weighted by Gasteiger charge is -2.21. The van der Waals surface area contributed by atoms with Crippen LogP contribution in [0, 0.1) is 12.8 Å². The van der Waals surface area contributed by atoms with E-state index in [2.05, 4.69) is 61.0 Å². The molecule has 0 fully saturated rings. The highest BCUT2D eigenvalue weighted by Gasteiger charge is 2.14. The van der Waals surface area contributed by atoms with Crippen molar-refractivity contribution in [2.45, 2.75) is 27.7 Å². The maximum Gasteiger partial charge on any atom is 0.226 e. The number of anilines is 2. The van der Waals surface area contributed by atoms with Crippen molar-refractivity contribution in [1.29, 1.82) is 0 Å². The molecule has 2 aromatic heterocycles. The molecule has 5 heteroatoms. The zero-order chi connectivity index (χ0) is 14.0. The van der Waals surface area contributed by atoms with Crippen molar-refractivity contribution in [3.63, 3.8) is 0 Å². The lowest BCUT2D eigenvalue weighted by atomic mass is 10.2. The van der Waals surface area contributed by atoms with Gasteiger partial charge in [0.1, 0.15) is 10.6 Å². The first kappa shape index (κ1) is 14.1. The summed E-state index contributed by atoms with van der Waals surface area (Å²) in [5.74, 6) is 2.36. The van der Waals surface area contributed by atoms with E-state index in [-0.39, 0.29) is 0 Å². The van der Waals surface area contributed by atoms with Crippen LogP contribution < -0.4 is 10.2 Å². The molecule has 0 aliphatic rings. The van der Waals surface area contributed by atoms with Crippen molar-refractivity contribution in [2.75, 3.05) is 30.4 Å². The van der Waals surface area contributed by atoms with E-state index in [4.69, 9.17) is 0 Å². The molecule has 0 saturated carbocycles. The van der Waals surface area contributed by atoms with E-state index in [1.807, 2.05) is 0 Å². The number of nitrogens with one attached hydrogen (secondary N) is 1. The molecule has 0 aromatic carbocycles. The van der Waals surface area contributed by atoms with Gasteiger partial charge in [0.15, 0.2) is 0 Å². The molecule has 0 spiro atoms. The number of hydrogen-bond donors (Lipinski definition) is 1. The molecular formula is C14H22N4S. The zero-order valence-electron chi connectivity index (χ0n) is 12.3. The highest BCUT2D eigenvalue weighted by atomic mass is 32.1. The Bertz CT molecular complexity index is 562. The van der Waals surface area contributed by atoms with Gasteiger partial charge in [0, 0.05) is 25.0 Å². The van der Waals surface area contributed by atoms with Crippen molar-refractivity contribution in [2.24, 2.45) is 5.92 Å². The van der Waals surface area contributed by atoms with E-state index in [1.54, 1.807) is 11.3 Å². The summed E-state index contributed by atoms with van der Waals surface area (Å²) in [6.07, 6.45) is 0. The van der Waals surface area contributed by atoms with Gasteiger partial charge in [-0.3, -0.25) is 0 Å². The highest BCUT2D eigenvalue weighted by Crippen LogP contribution is 2.31. The van der Waals surface area contributed by atoms with Crippen LogP contribution in [0.4, 0.5) is 11.8 Å². The third-order valence-electron chi connectivity index (χ3n) is 2.83. The minimum absolute atomic E-state index is 0.609. The zero-order valence-corrected chi connectivity index (χ0v) is 13.1. The summed E-state index contributed by atoms with van der Waals surface area (Å²) in [5.41, 5.74) is 0. The molecule has 0 amide bonds. The van der Waals surface area contributed by atoms with Gasteiger partial charge < -0.3 is 10.2 Å². The smallest absolute Gasteiger partial charge is 0.226 e. The lowest BCUT2D eigenvalue weighted by Crippen LogP contribution is -2.24. The summed E-state index contributed by atoms with van der Waals surface area (Å²) in [6.45, 7) is 10.4. The first-order chi connectivity index (χ1) is 9.01. The fourth-order valence-corrected chi connectivity index (χ4v) is 3.06. The van der Waals surface area contributed by atoms with E-state index in [9.17, 15) is 0 Å². The molecule has 0 atom stereocenters. The van der Waals surface area contributed by atoms with Crippen molar-refractivity contribution >= 4 is 33.3 Å². The summed E-state index contributed by atoms with van der Waals surface area (Å²) < 4.78 is 0. The van der Waals surface area contributed by atoms with Gasteiger partial charge >= 0.3 is 0 Å². The monoisotopic (exact) mass is 278 g/mol. The molecule has 0 aliphatic heterocycles. The molecule has 0 saturated heterocycles. The van der Waals surface area contributed by atoms with E-state index >= 15 is 0 Å². The number of thiophene rings is 1. The first-order valence-electron chi connectivity index (χ1n) is 6.74. The molecule has 2 heterocycles. The quantitative estimate of drug-likeness (QED) is 0.908. The van der Waals surface area contributed by atoms with Crippen molar-refractivity contribution < 1.29 is 0 Å². The van der Waals surface area contributed by atoms with Gasteiger partial charge in [-0.05, 0) is 25.8 Å². The number of rotatable bonds is 5. The molecule has 104 valence electrons. The minimum atomic E-state index is 0.609. The second-order valence-corrected chi connectivity index (χ2v) is 6.49.